The van der Waals surface area contributed by atoms with Crippen LogP contribution in [0.25, 0.3) is 10.9 Å². The van der Waals surface area contributed by atoms with E-state index in [1.54, 1.807) is 30.3 Å². The van der Waals surface area contributed by atoms with Crippen LogP contribution in [0, 0.1) is 10.1 Å². The van der Waals surface area contributed by atoms with Gasteiger partial charge in [-0.15, -0.1) is 0 Å². The molecule has 0 radical (unpaired) electrons. The first-order valence-corrected chi connectivity index (χ1v) is 6.98. The zero-order valence-electron chi connectivity index (χ0n) is 12.1. The van der Waals surface area contributed by atoms with Crippen LogP contribution >= 0.6 is 11.6 Å². The number of aromatic hydroxyl groups is 1. The number of aromatic carboxylic acids is 1. The summed E-state index contributed by atoms with van der Waals surface area (Å²) in [4.78, 5) is 24.0. The Bertz CT molecular complexity index is 914. The SMILES string of the molecule is O=C(O)c1cccc(Cl)c1.O=[N+]([O-])c1ccc2cccnc2c1O. The van der Waals surface area contributed by atoms with E-state index in [1.165, 1.54) is 24.4 Å². The third kappa shape index (κ3) is 3.96. The van der Waals surface area contributed by atoms with Gasteiger partial charge in [0.15, 0.2) is 0 Å². The lowest BCUT2D eigenvalue weighted by Crippen LogP contribution is -1.94. The molecule has 122 valence electrons. The van der Waals surface area contributed by atoms with Crippen molar-refractivity contribution in [2.45, 2.75) is 0 Å². The number of phenolic OH excluding ortho intramolecular Hbond substituents is 1. The molecule has 0 aliphatic rings. The Morgan fingerprint density at radius 3 is 2.50 bits per heavy atom. The molecule has 7 nitrogen and oxygen atoms in total. The number of fused-ring (bicyclic) bond motifs is 1. The molecule has 0 amide bonds. The number of carboxylic acids is 1. The number of halogens is 1. The highest BCUT2D eigenvalue weighted by Gasteiger charge is 2.15. The van der Waals surface area contributed by atoms with Crippen molar-refractivity contribution in [3.8, 4) is 5.75 Å². The predicted molar refractivity (Wildman–Crippen MR) is 88.5 cm³/mol. The number of phenols is 1. The average Bonchev–Trinajstić information content (AvgIpc) is 2.55. The van der Waals surface area contributed by atoms with Crippen molar-refractivity contribution in [1.29, 1.82) is 0 Å². The van der Waals surface area contributed by atoms with Gasteiger partial charge in [-0.3, -0.25) is 15.1 Å². The van der Waals surface area contributed by atoms with E-state index < -0.39 is 10.9 Å². The molecule has 0 aliphatic heterocycles. The van der Waals surface area contributed by atoms with E-state index in [-0.39, 0.29) is 22.5 Å². The maximum Gasteiger partial charge on any atom is 0.335 e. The van der Waals surface area contributed by atoms with Crippen molar-refractivity contribution in [2.24, 2.45) is 0 Å². The highest BCUT2D eigenvalue weighted by atomic mass is 35.5. The molecule has 2 aromatic carbocycles. The second kappa shape index (κ2) is 7.38. The van der Waals surface area contributed by atoms with Crippen LogP contribution in [0.15, 0.2) is 54.7 Å². The van der Waals surface area contributed by atoms with Gasteiger partial charge in [-0.05, 0) is 30.3 Å². The molecular weight excluding hydrogens is 336 g/mol. The lowest BCUT2D eigenvalue weighted by molar-refractivity contribution is -0.385. The van der Waals surface area contributed by atoms with Crippen molar-refractivity contribution in [3.63, 3.8) is 0 Å². The molecule has 1 heterocycles. The molecule has 0 unspecified atom stereocenters. The fraction of sp³-hybridized carbons (Fsp3) is 0. The minimum atomic E-state index is -0.956. The zero-order valence-corrected chi connectivity index (χ0v) is 12.8. The standard InChI is InChI=1S/C9H6N2O3.C7H5ClO2/c12-9-7(11(13)14)4-3-6-2-1-5-10-8(6)9;8-6-3-1-2-5(4-6)7(9)10/h1-5,12H;1-4H,(H,9,10). The van der Waals surface area contributed by atoms with E-state index in [4.69, 9.17) is 16.7 Å². The second-order valence-electron chi connectivity index (χ2n) is 4.58. The van der Waals surface area contributed by atoms with Crippen molar-refractivity contribution in [3.05, 3.63) is 75.4 Å². The fourth-order valence-electron chi connectivity index (χ4n) is 1.89. The van der Waals surface area contributed by atoms with Gasteiger partial charge in [0.2, 0.25) is 5.75 Å². The molecule has 8 heteroatoms. The molecule has 0 fully saturated rings. The van der Waals surface area contributed by atoms with Crippen molar-refractivity contribution in [2.75, 3.05) is 0 Å². The Morgan fingerprint density at radius 1 is 1.17 bits per heavy atom. The minimum Gasteiger partial charge on any atom is -0.501 e. The summed E-state index contributed by atoms with van der Waals surface area (Å²) in [7, 11) is 0. The van der Waals surface area contributed by atoms with Crippen LogP contribution in [-0.4, -0.2) is 26.1 Å². The molecule has 0 atom stereocenters. The third-order valence-corrected chi connectivity index (χ3v) is 3.23. The Balaban J connectivity index is 0.000000185. The number of aromatic nitrogens is 1. The van der Waals surface area contributed by atoms with Gasteiger partial charge in [-0.25, -0.2) is 4.79 Å². The molecule has 24 heavy (non-hydrogen) atoms. The first kappa shape index (κ1) is 17.2. The molecule has 1 aromatic heterocycles. The number of nitro benzene ring substituents is 1. The second-order valence-corrected chi connectivity index (χ2v) is 5.02. The van der Waals surface area contributed by atoms with Gasteiger partial charge in [0.25, 0.3) is 0 Å². The van der Waals surface area contributed by atoms with Gasteiger partial charge in [-0.1, -0.05) is 23.7 Å². The molecule has 3 rings (SSSR count). The molecule has 0 bridgehead atoms. The largest absolute Gasteiger partial charge is 0.501 e. The Kier molecular flexibility index (Phi) is 5.28. The Labute approximate surface area is 140 Å². The van der Waals surface area contributed by atoms with Crippen LogP contribution in [0.4, 0.5) is 5.69 Å². The topological polar surface area (TPSA) is 114 Å². The normalized spacial score (nSPS) is 9.88. The van der Waals surface area contributed by atoms with Crippen LogP contribution in [0.5, 0.6) is 5.75 Å². The first-order valence-electron chi connectivity index (χ1n) is 6.60. The molecule has 0 saturated carbocycles. The number of hydrogen-bond donors (Lipinski definition) is 2. The van der Waals surface area contributed by atoms with Crippen LogP contribution < -0.4 is 0 Å². The number of carboxylic acid groups (broad SMARTS) is 1. The number of rotatable bonds is 2. The summed E-state index contributed by atoms with van der Waals surface area (Å²) in [6.45, 7) is 0. The summed E-state index contributed by atoms with van der Waals surface area (Å²) >= 11 is 5.53. The molecule has 0 spiro atoms. The summed E-state index contributed by atoms with van der Waals surface area (Å²) < 4.78 is 0. The molecule has 0 aliphatic carbocycles. The van der Waals surface area contributed by atoms with E-state index in [2.05, 4.69) is 4.98 Å². The van der Waals surface area contributed by atoms with Gasteiger partial charge in [0.05, 0.1) is 10.5 Å². The number of benzene rings is 2. The quantitative estimate of drug-likeness (QED) is 0.537. The maximum absolute atomic E-state index is 10.5. The van der Waals surface area contributed by atoms with Crippen molar-refractivity contribution < 1.29 is 19.9 Å². The third-order valence-electron chi connectivity index (χ3n) is 2.99. The lowest BCUT2D eigenvalue weighted by Gasteiger charge is -1.99. The monoisotopic (exact) mass is 346 g/mol. The van der Waals surface area contributed by atoms with Crippen LogP contribution in [0.1, 0.15) is 10.4 Å². The zero-order chi connectivity index (χ0) is 17.7. The van der Waals surface area contributed by atoms with Crippen LogP contribution in [0.2, 0.25) is 5.02 Å². The van der Waals surface area contributed by atoms with Gasteiger partial charge in [0, 0.05) is 22.7 Å². The summed E-state index contributed by atoms with van der Waals surface area (Å²) in [5.74, 6) is -1.34. The van der Waals surface area contributed by atoms with E-state index in [9.17, 15) is 20.0 Å². The molecular formula is C16H11ClN2O5. The summed E-state index contributed by atoms with van der Waals surface area (Å²) in [5.41, 5.74) is 0.144. The fourth-order valence-corrected chi connectivity index (χ4v) is 2.08. The van der Waals surface area contributed by atoms with E-state index in [1.807, 2.05) is 0 Å². The van der Waals surface area contributed by atoms with Crippen molar-refractivity contribution in [1.82, 2.24) is 4.98 Å². The van der Waals surface area contributed by atoms with E-state index in [0.29, 0.717) is 10.4 Å². The van der Waals surface area contributed by atoms with Crippen LogP contribution in [0.3, 0.4) is 0 Å². The molecule has 0 saturated heterocycles. The predicted octanol–water partition coefficient (Wildman–Crippen LogP) is 3.89. The molecule has 3 aromatic rings. The summed E-state index contributed by atoms with van der Waals surface area (Å²) in [6, 6.07) is 12.4. The summed E-state index contributed by atoms with van der Waals surface area (Å²) in [5, 5.41) is 29.6. The van der Waals surface area contributed by atoms with Gasteiger partial charge in [0.1, 0.15) is 5.52 Å². The number of carbonyl (C=O) groups is 1. The molecule has 2 N–H and O–H groups in total. The number of hydrogen-bond acceptors (Lipinski definition) is 5. The summed E-state index contributed by atoms with van der Waals surface area (Å²) in [6.07, 6.45) is 1.48. The lowest BCUT2D eigenvalue weighted by atomic mass is 10.2. The van der Waals surface area contributed by atoms with Gasteiger partial charge in [-0.2, -0.15) is 0 Å². The van der Waals surface area contributed by atoms with E-state index >= 15 is 0 Å². The number of nitro groups is 1. The van der Waals surface area contributed by atoms with Crippen LogP contribution in [-0.2, 0) is 0 Å². The number of pyridine rings is 1. The van der Waals surface area contributed by atoms with Gasteiger partial charge >= 0.3 is 11.7 Å². The van der Waals surface area contributed by atoms with Crippen molar-refractivity contribution >= 4 is 34.2 Å². The highest BCUT2D eigenvalue weighted by Crippen LogP contribution is 2.32. The Morgan fingerprint density at radius 2 is 1.92 bits per heavy atom. The number of nitrogens with zero attached hydrogens (tertiary/aromatic N) is 2. The Hall–Kier alpha value is -3.19. The smallest absolute Gasteiger partial charge is 0.335 e. The van der Waals surface area contributed by atoms with Gasteiger partial charge < -0.3 is 10.2 Å². The van der Waals surface area contributed by atoms with E-state index in [0.717, 1.165) is 0 Å². The highest BCUT2D eigenvalue weighted by molar-refractivity contribution is 6.30. The average molecular weight is 347 g/mol. The first-order chi connectivity index (χ1) is 11.4. The maximum atomic E-state index is 10.5. The minimum absolute atomic E-state index is 0.215.